The number of hydrogen-bond donors (Lipinski definition) is 2. The molecule has 1 aliphatic rings. The Morgan fingerprint density at radius 2 is 2.11 bits per heavy atom. The van der Waals surface area contributed by atoms with Gasteiger partial charge in [0.2, 0.25) is 0 Å². The van der Waals surface area contributed by atoms with E-state index in [9.17, 15) is 9.90 Å². The highest BCUT2D eigenvalue weighted by molar-refractivity contribution is 6.31. The Labute approximate surface area is 213 Å². The fraction of sp³-hybridized carbons (Fsp3) is 0.346. The van der Waals surface area contributed by atoms with E-state index in [1.165, 1.54) is 5.56 Å². The third kappa shape index (κ3) is 5.03. The molecule has 0 bridgehead atoms. The van der Waals surface area contributed by atoms with Crippen LogP contribution >= 0.6 is 11.6 Å². The van der Waals surface area contributed by atoms with Gasteiger partial charge in [0.05, 0.1) is 32.1 Å². The van der Waals surface area contributed by atoms with Crippen molar-refractivity contribution in [3.05, 3.63) is 76.7 Å². The van der Waals surface area contributed by atoms with E-state index in [1.807, 2.05) is 49.4 Å². The highest BCUT2D eigenvalue weighted by Gasteiger charge is 2.35. The summed E-state index contributed by atoms with van der Waals surface area (Å²) in [6.07, 6.45) is 3.53. The summed E-state index contributed by atoms with van der Waals surface area (Å²) in [5, 5.41) is 19.5. The van der Waals surface area contributed by atoms with E-state index in [0.717, 1.165) is 22.2 Å². The molecule has 3 heterocycles. The number of benzene rings is 2. The minimum absolute atomic E-state index is 0.312. The number of nitrogens with one attached hydrogen (secondary N) is 1. The second-order valence-corrected chi connectivity index (χ2v) is 9.17. The number of aromatic amines is 1. The van der Waals surface area contributed by atoms with Crippen molar-refractivity contribution < 1.29 is 19.4 Å². The molecule has 2 aromatic carbocycles. The number of aromatic nitrogens is 4. The Morgan fingerprint density at radius 1 is 1.28 bits per heavy atom. The van der Waals surface area contributed by atoms with Crippen LogP contribution in [0, 0.1) is 0 Å². The van der Waals surface area contributed by atoms with Crippen molar-refractivity contribution >= 4 is 28.6 Å². The highest BCUT2D eigenvalue weighted by atomic mass is 35.5. The summed E-state index contributed by atoms with van der Waals surface area (Å²) < 4.78 is 12.8. The third-order valence-electron chi connectivity index (χ3n) is 6.38. The molecule has 0 spiro atoms. The molecule has 0 fully saturated rings. The van der Waals surface area contributed by atoms with Gasteiger partial charge in [-0.15, -0.1) is 5.10 Å². The second-order valence-electron chi connectivity index (χ2n) is 8.74. The van der Waals surface area contributed by atoms with E-state index < -0.39 is 6.10 Å². The first-order chi connectivity index (χ1) is 17.5. The van der Waals surface area contributed by atoms with Gasteiger partial charge in [0.15, 0.2) is 0 Å². The van der Waals surface area contributed by atoms with Gasteiger partial charge in [0.25, 0.3) is 0 Å². The van der Waals surface area contributed by atoms with Gasteiger partial charge < -0.3 is 19.6 Å². The number of carbonyl (C=O) groups is 1. The van der Waals surface area contributed by atoms with Crippen molar-refractivity contribution in [2.75, 3.05) is 19.8 Å². The van der Waals surface area contributed by atoms with Crippen molar-refractivity contribution in [3.8, 4) is 5.75 Å². The maximum absolute atomic E-state index is 12.9. The number of halogens is 1. The minimum atomic E-state index is -0.583. The molecule has 36 heavy (non-hydrogen) atoms. The normalized spacial score (nSPS) is 16.1. The molecule has 10 heteroatoms. The zero-order valence-corrected chi connectivity index (χ0v) is 20.7. The van der Waals surface area contributed by atoms with Crippen LogP contribution in [0.3, 0.4) is 0 Å². The van der Waals surface area contributed by atoms with Gasteiger partial charge >= 0.3 is 6.09 Å². The van der Waals surface area contributed by atoms with Crippen LogP contribution in [0.5, 0.6) is 5.75 Å². The molecule has 9 nitrogen and oxygen atoms in total. The van der Waals surface area contributed by atoms with E-state index >= 15 is 0 Å². The molecule has 0 saturated carbocycles. The largest absolute Gasteiger partial charge is 0.493 e. The van der Waals surface area contributed by atoms with Crippen LogP contribution in [0.15, 0.2) is 54.9 Å². The minimum Gasteiger partial charge on any atom is -0.493 e. The van der Waals surface area contributed by atoms with Gasteiger partial charge in [-0.25, -0.2) is 9.48 Å². The fourth-order valence-electron chi connectivity index (χ4n) is 4.71. The first-order valence-electron chi connectivity index (χ1n) is 12.0. The quantitative estimate of drug-likeness (QED) is 0.366. The lowest BCUT2D eigenvalue weighted by atomic mass is 9.92. The number of nitrogens with zero attached hydrogens (tertiary/aromatic N) is 4. The summed E-state index contributed by atoms with van der Waals surface area (Å²) in [5.41, 5.74) is 4.07. The summed E-state index contributed by atoms with van der Waals surface area (Å²) in [7, 11) is 0. The van der Waals surface area contributed by atoms with Gasteiger partial charge in [0, 0.05) is 40.8 Å². The topological polar surface area (TPSA) is 106 Å². The van der Waals surface area contributed by atoms with Gasteiger partial charge in [-0.2, -0.15) is 0 Å². The monoisotopic (exact) mass is 509 g/mol. The smallest absolute Gasteiger partial charge is 0.410 e. The molecule has 1 amide bonds. The molecule has 2 atom stereocenters. The average Bonchev–Trinajstić information content (AvgIpc) is 3.51. The van der Waals surface area contributed by atoms with E-state index in [2.05, 4.69) is 15.3 Å². The number of aliphatic hydroxyl groups excluding tert-OH is 1. The van der Waals surface area contributed by atoms with Gasteiger partial charge in [-0.3, -0.25) is 4.90 Å². The Balaban J connectivity index is 1.34. The summed E-state index contributed by atoms with van der Waals surface area (Å²) in [6.45, 7) is 3.39. The molecule has 2 N–H and O–H groups in total. The lowest BCUT2D eigenvalue weighted by Crippen LogP contribution is -2.40. The first kappa shape index (κ1) is 24.1. The number of aliphatic hydroxyl groups is 1. The van der Waals surface area contributed by atoms with Crippen LogP contribution in [0.1, 0.15) is 36.2 Å². The highest BCUT2D eigenvalue weighted by Crippen LogP contribution is 2.39. The van der Waals surface area contributed by atoms with Gasteiger partial charge in [-0.05, 0) is 54.8 Å². The van der Waals surface area contributed by atoms with Crippen LogP contribution in [-0.4, -0.2) is 61.9 Å². The molecular weight excluding hydrogens is 482 g/mol. The molecule has 5 rings (SSSR count). The van der Waals surface area contributed by atoms with Crippen molar-refractivity contribution in [2.24, 2.45) is 0 Å². The van der Waals surface area contributed by atoms with E-state index in [1.54, 1.807) is 22.0 Å². The van der Waals surface area contributed by atoms with E-state index in [0.29, 0.717) is 49.9 Å². The van der Waals surface area contributed by atoms with E-state index in [4.69, 9.17) is 21.1 Å². The maximum Gasteiger partial charge on any atom is 0.410 e. The van der Waals surface area contributed by atoms with Crippen molar-refractivity contribution in [1.82, 2.24) is 24.9 Å². The predicted molar refractivity (Wildman–Crippen MR) is 135 cm³/mol. The number of hydrogen-bond acceptors (Lipinski definition) is 6. The van der Waals surface area contributed by atoms with Crippen LogP contribution < -0.4 is 4.74 Å². The molecule has 0 aliphatic carbocycles. The van der Waals surface area contributed by atoms with Gasteiger partial charge in [0.1, 0.15) is 11.8 Å². The van der Waals surface area contributed by atoms with Crippen LogP contribution in [0.25, 0.3) is 10.9 Å². The average molecular weight is 510 g/mol. The Hall–Kier alpha value is -3.56. The summed E-state index contributed by atoms with van der Waals surface area (Å²) in [5.74, 6) is 0.689. The molecule has 0 radical (unpaired) electrons. The first-order valence-corrected chi connectivity index (χ1v) is 12.4. The lowest BCUT2D eigenvalue weighted by Gasteiger charge is -2.35. The zero-order valence-electron chi connectivity index (χ0n) is 19.9. The Bertz CT molecular complexity index is 1320. The number of fused-ring (bicyclic) bond motifs is 3. The summed E-state index contributed by atoms with van der Waals surface area (Å²) >= 11 is 6.27. The maximum atomic E-state index is 12.9. The van der Waals surface area contributed by atoms with Crippen LogP contribution in [0.2, 0.25) is 5.02 Å². The standard InChI is InChI=1S/C26H28ClN5O4/c1-2-35-26(34)32-12-9-21-22-15-18(27)5-8-23(22)29-24(21)25(32)17-3-6-20(7-4-17)36-14-10-19(33)16-31-13-11-28-30-31/h3-8,11,13,15,19,25,29,33H,2,9-10,12,14,16H2,1H3/t19?,25-/m0/s1. The molecule has 2 aromatic heterocycles. The molecule has 188 valence electrons. The molecule has 0 saturated heterocycles. The molecule has 1 unspecified atom stereocenters. The van der Waals surface area contributed by atoms with E-state index in [-0.39, 0.29) is 12.1 Å². The number of H-pyrrole nitrogens is 1. The number of carbonyl (C=O) groups excluding carboxylic acids is 1. The Kier molecular flexibility index (Phi) is 7.11. The second kappa shape index (κ2) is 10.6. The van der Waals surface area contributed by atoms with Crippen molar-refractivity contribution in [3.63, 3.8) is 0 Å². The third-order valence-corrected chi connectivity index (χ3v) is 6.61. The molecule has 4 aromatic rings. The number of rotatable bonds is 8. The molecular formula is C26H28ClN5O4. The lowest BCUT2D eigenvalue weighted by molar-refractivity contribution is 0.0932. The summed E-state index contributed by atoms with van der Waals surface area (Å²) in [4.78, 5) is 18.1. The number of ether oxygens (including phenoxy) is 2. The van der Waals surface area contributed by atoms with Gasteiger partial charge in [-0.1, -0.05) is 28.9 Å². The van der Waals surface area contributed by atoms with Crippen molar-refractivity contribution in [1.29, 1.82) is 0 Å². The zero-order chi connectivity index (χ0) is 25.1. The van der Waals surface area contributed by atoms with Crippen LogP contribution in [-0.2, 0) is 17.7 Å². The predicted octanol–water partition coefficient (Wildman–Crippen LogP) is 4.35. The Morgan fingerprint density at radius 3 is 2.86 bits per heavy atom. The number of amides is 1. The fourth-order valence-corrected chi connectivity index (χ4v) is 4.88. The van der Waals surface area contributed by atoms with Crippen LogP contribution in [0.4, 0.5) is 4.79 Å². The molecule has 1 aliphatic heterocycles. The summed E-state index contributed by atoms with van der Waals surface area (Å²) in [6, 6.07) is 13.2. The SMILES string of the molecule is CCOC(=O)N1CCc2c([nH]c3ccc(Cl)cc23)[C@@H]1c1ccc(OCCC(O)Cn2ccnn2)cc1. The van der Waals surface area contributed by atoms with Crippen molar-refractivity contribution in [2.45, 2.75) is 38.5 Å².